The fourth-order valence-electron chi connectivity index (χ4n) is 1.78. The number of nitrogens with zero attached hydrogens (tertiary/aromatic N) is 2. The summed E-state index contributed by atoms with van der Waals surface area (Å²) in [4.78, 5) is 8.19. The minimum Gasteiger partial charge on any atom is -0.363 e. The number of aromatic nitrogens is 2. The maximum absolute atomic E-state index is 4.18. The van der Waals surface area contributed by atoms with Crippen LogP contribution in [0, 0.1) is 6.92 Å². The second-order valence-corrected chi connectivity index (χ2v) is 4.76. The Labute approximate surface area is 109 Å². The summed E-state index contributed by atoms with van der Waals surface area (Å²) in [5, 5.41) is 3.36. The van der Waals surface area contributed by atoms with Gasteiger partial charge in [-0.2, -0.15) is 0 Å². The summed E-state index contributed by atoms with van der Waals surface area (Å²) in [5.41, 5.74) is 2.56. The van der Waals surface area contributed by atoms with E-state index in [2.05, 4.69) is 63.3 Å². The minimum atomic E-state index is 0.220. The van der Waals surface area contributed by atoms with Gasteiger partial charge in [-0.05, 0) is 40.9 Å². The van der Waals surface area contributed by atoms with Crippen molar-refractivity contribution in [2.24, 2.45) is 0 Å². The van der Waals surface area contributed by atoms with Crippen molar-refractivity contribution >= 4 is 21.7 Å². The quantitative estimate of drug-likeness (QED) is 0.876. The van der Waals surface area contributed by atoms with Crippen LogP contribution in [0.25, 0.3) is 0 Å². The highest BCUT2D eigenvalue weighted by molar-refractivity contribution is 9.10. The monoisotopic (exact) mass is 291 g/mol. The van der Waals surface area contributed by atoms with Crippen molar-refractivity contribution in [3.05, 3.63) is 52.4 Å². The molecule has 4 heteroatoms. The molecule has 0 aliphatic carbocycles. The van der Waals surface area contributed by atoms with Crippen LogP contribution in [-0.2, 0) is 0 Å². The average Bonchev–Trinajstić information content (AvgIpc) is 2.29. The first-order valence-electron chi connectivity index (χ1n) is 5.46. The molecule has 0 radical (unpaired) electrons. The molecule has 1 aromatic heterocycles. The molecule has 0 spiro atoms. The van der Waals surface area contributed by atoms with Crippen LogP contribution in [0.2, 0.25) is 0 Å². The number of hydrogen-bond acceptors (Lipinski definition) is 3. The molecule has 0 fully saturated rings. The summed E-state index contributed by atoms with van der Waals surface area (Å²) in [6.07, 6.45) is 1.54. The Morgan fingerprint density at radius 1 is 1.24 bits per heavy atom. The van der Waals surface area contributed by atoms with E-state index >= 15 is 0 Å². The largest absolute Gasteiger partial charge is 0.363 e. The molecule has 1 N–H and O–H groups in total. The van der Waals surface area contributed by atoms with Crippen LogP contribution in [0.1, 0.15) is 24.1 Å². The van der Waals surface area contributed by atoms with Gasteiger partial charge in [-0.15, -0.1) is 0 Å². The summed E-state index contributed by atoms with van der Waals surface area (Å²) < 4.78 is 0.784. The van der Waals surface area contributed by atoms with E-state index in [1.807, 2.05) is 12.1 Å². The zero-order valence-corrected chi connectivity index (χ0v) is 11.4. The van der Waals surface area contributed by atoms with Gasteiger partial charge in [-0.25, -0.2) is 9.97 Å². The highest BCUT2D eigenvalue weighted by Gasteiger charge is 2.08. The molecule has 0 amide bonds. The molecule has 1 atom stereocenters. The third kappa shape index (κ3) is 3.03. The topological polar surface area (TPSA) is 37.8 Å². The van der Waals surface area contributed by atoms with E-state index in [0.717, 1.165) is 10.4 Å². The molecule has 0 aliphatic rings. The smallest absolute Gasteiger partial charge is 0.130 e. The molecule has 0 aliphatic heterocycles. The zero-order chi connectivity index (χ0) is 12.3. The van der Waals surface area contributed by atoms with E-state index in [-0.39, 0.29) is 6.04 Å². The van der Waals surface area contributed by atoms with Crippen LogP contribution in [0.3, 0.4) is 0 Å². The molecule has 2 rings (SSSR count). The Balaban J connectivity index is 2.17. The molecular weight excluding hydrogens is 278 g/mol. The predicted octanol–water partition coefficient (Wildman–Crippen LogP) is 3.72. The van der Waals surface area contributed by atoms with E-state index in [4.69, 9.17) is 0 Å². The first-order valence-corrected chi connectivity index (χ1v) is 6.25. The van der Waals surface area contributed by atoms with Gasteiger partial charge < -0.3 is 5.32 Å². The van der Waals surface area contributed by atoms with Gasteiger partial charge in [-0.1, -0.05) is 24.3 Å². The maximum Gasteiger partial charge on any atom is 0.130 e. The van der Waals surface area contributed by atoms with Crippen molar-refractivity contribution in [1.82, 2.24) is 9.97 Å². The van der Waals surface area contributed by atoms with E-state index < -0.39 is 0 Å². The summed E-state index contributed by atoms with van der Waals surface area (Å²) in [6, 6.07) is 10.4. The number of halogens is 1. The van der Waals surface area contributed by atoms with Gasteiger partial charge in [0.2, 0.25) is 0 Å². The Morgan fingerprint density at radius 3 is 2.71 bits per heavy atom. The van der Waals surface area contributed by atoms with Crippen molar-refractivity contribution in [2.45, 2.75) is 19.9 Å². The van der Waals surface area contributed by atoms with Crippen molar-refractivity contribution in [3.8, 4) is 0 Å². The molecule has 1 heterocycles. The summed E-state index contributed by atoms with van der Waals surface area (Å²) >= 11 is 3.33. The predicted molar refractivity (Wildman–Crippen MR) is 72.9 cm³/mol. The van der Waals surface area contributed by atoms with Crippen LogP contribution in [0.4, 0.5) is 5.82 Å². The molecule has 0 bridgehead atoms. The van der Waals surface area contributed by atoms with Crippen LogP contribution >= 0.6 is 15.9 Å². The lowest BCUT2D eigenvalue weighted by Gasteiger charge is -2.16. The van der Waals surface area contributed by atoms with Gasteiger partial charge in [0, 0.05) is 6.07 Å². The Bertz CT molecular complexity index is 514. The molecule has 0 saturated heterocycles. The lowest BCUT2D eigenvalue weighted by molar-refractivity contribution is 0.861. The number of benzene rings is 1. The van der Waals surface area contributed by atoms with Gasteiger partial charge in [0.1, 0.15) is 16.7 Å². The lowest BCUT2D eigenvalue weighted by atomic mass is 10.0. The highest BCUT2D eigenvalue weighted by Crippen LogP contribution is 2.21. The van der Waals surface area contributed by atoms with E-state index in [9.17, 15) is 0 Å². The fraction of sp³-hybridized carbons (Fsp3) is 0.231. The minimum absolute atomic E-state index is 0.220. The number of anilines is 1. The summed E-state index contributed by atoms with van der Waals surface area (Å²) in [7, 11) is 0. The van der Waals surface area contributed by atoms with Crippen LogP contribution < -0.4 is 5.32 Å². The van der Waals surface area contributed by atoms with Crippen molar-refractivity contribution in [2.75, 3.05) is 5.32 Å². The van der Waals surface area contributed by atoms with E-state index in [1.54, 1.807) is 0 Å². The lowest BCUT2D eigenvalue weighted by Crippen LogP contribution is -2.09. The molecule has 1 unspecified atom stereocenters. The molecule has 17 heavy (non-hydrogen) atoms. The molecule has 1 aromatic carbocycles. The van der Waals surface area contributed by atoms with Crippen molar-refractivity contribution in [3.63, 3.8) is 0 Å². The first kappa shape index (κ1) is 12.0. The van der Waals surface area contributed by atoms with Gasteiger partial charge in [0.05, 0.1) is 6.04 Å². The standard InChI is InChI=1S/C13H14BrN3/c1-9-5-3-4-6-11(9)10(2)17-13-7-12(14)15-8-16-13/h3-8,10H,1-2H3,(H,15,16,17). The molecule has 0 saturated carbocycles. The van der Waals surface area contributed by atoms with Gasteiger partial charge in [0.15, 0.2) is 0 Å². The second kappa shape index (κ2) is 5.27. The van der Waals surface area contributed by atoms with Crippen molar-refractivity contribution in [1.29, 1.82) is 0 Å². The fourth-order valence-corrected chi connectivity index (χ4v) is 2.09. The third-order valence-corrected chi connectivity index (χ3v) is 3.09. The van der Waals surface area contributed by atoms with Gasteiger partial charge in [0.25, 0.3) is 0 Å². The first-order chi connectivity index (χ1) is 8.16. The molecule has 2 aromatic rings. The maximum atomic E-state index is 4.18. The van der Waals surface area contributed by atoms with Gasteiger partial charge in [-0.3, -0.25) is 0 Å². The summed E-state index contributed by atoms with van der Waals surface area (Å²) in [6.45, 7) is 4.24. The second-order valence-electron chi connectivity index (χ2n) is 3.95. The summed E-state index contributed by atoms with van der Waals surface area (Å²) in [5.74, 6) is 0.822. The van der Waals surface area contributed by atoms with Crippen LogP contribution in [0.5, 0.6) is 0 Å². The SMILES string of the molecule is Cc1ccccc1C(C)Nc1cc(Br)ncn1. The van der Waals surface area contributed by atoms with E-state index in [0.29, 0.717) is 0 Å². The molecule has 3 nitrogen and oxygen atoms in total. The zero-order valence-electron chi connectivity index (χ0n) is 9.81. The van der Waals surface area contributed by atoms with Crippen LogP contribution in [-0.4, -0.2) is 9.97 Å². The number of hydrogen-bond donors (Lipinski definition) is 1. The average molecular weight is 292 g/mol. The Hall–Kier alpha value is -1.42. The Kier molecular flexibility index (Phi) is 3.74. The molecule has 88 valence electrons. The molecular formula is C13H14BrN3. The third-order valence-electron chi connectivity index (χ3n) is 2.65. The van der Waals surface area contributed by atoms with Gasteiger partial charge >= 0.3 is 0 Å². The van der Waals surface area contributed by atoms with E-state index in [1.165, 1.54) is 17.5 Å². The number of aryl methyl sites for hydroxylation is 1. The highest BCUT2D eigenvalue weighted by atomic mass is 79.9. The number of rotatable bonds is 3. The normalized spacial score (nSPS) is 12.2. The van der Waals surface area contributed by atoms with Crippen molar-refractivity contribution < 1.29 is 0 Å². The Morgan fingerprint density at radius 2 is 2.00 bits per heavy atom. The van der Waals surface area contributed by atoms with Crippen LogP contribution in [0.15, 0.2) is 41.3 Å². The number of nitrogens with one attached hydrogen (secondary N) is 1.